The molecule has 0 heterocycles. The van der Waals surface area contributed by atoms with Crippen LogP contribution in [-0.2, 0) is 0 Å². The normalized spacial score (nSPS) is 12.7. The lowest BCUT2D eigenvalue weighted by molar-refractivity contribution is 0.0978. The van der Waals surface area contributed by atoms with E-state index in [9.17, 15) is 19.6 Å². The standard InChI is InChI=1S/C20H13NO5/c1-9-6-10-8-12(21-25)17-18(15(10)13(22)7-9)19(23)11-4-3-5-14(26-2)16(11)20(17)24/h3-8,22H,1-2H3. The van der Waals surface area contributed by atoms with Gasteiger partial charge < -0.3 is 9.84 Å². The molecule has 1 N–H and O–H groups in total. The predicted octanol–water partition coefficient (Wildman–Crippen LogP) is 4.04. The van der Waals surface area contributed by atoms with Gasteiger partial charge in [-0.25, -0.2) is 0 Å². The van der Waals surface area contributed by atoms with Crippen LogP contribution in [0.25, 0.3) is 10.8 Å². The third-order valence-corrected chi connectivity index (χ3v) is 4.61. The van der Waals surface area contributed by atoms with E-state index < -0.39 is 11.6 Å². The number of hydrogen-bond acceptors (Lipinski definition) is 6. The van der Waals surface area contributed by atoms with Crippen molar-refractivity contribution >= 4 is 28.0 Å². The summed E-state index contributed by atoms with van der Waals surface area (Å²) in [7, 11) is 1.40. The summed E-state index contributed by atoms with van der Waals surface area (Å²) in [5, 5.41) is 14.1. The molecule has 6 heteroatoms. The van der Waals surface area contributed by atoms with Crippen LogP contribution < -0.4 is 4.74 Å². The Hall–Kier alpha value is -3.54. The van der Waals surface area contributed by atoms with Crippen LogP contribution in [0.4, 0.5) is 5.69 Å². The maximum absolute atomic E-state index is 13.2. The van der Waals surface area contributed by atoms with Crippen LogP contribution >= 0.6 is 0 Å². The van der Waals surface area contributed by atoms with Crippen LogP contribution in [0.5, 0.6) is 11.5 Å². The van der Waals surface area contributed by atoms with Crippen LogP contribution in [0.2, 0.25) is 0 Å². The number of nitrogens with zero attached hydrogens (tertiary/aromatic N) is 1. The summed E-state index contributed by atoms with van der Waals surface area (Å²) in [6.07, 6.45) is 0. The van der Waals surface area contributed by atoms with Gasteiger partial charge in [0.15, 0.2) is 5.78 Å². The van der Waals surface area contributed by atoms with Gasteiger partial charge in [0.1, 0.15) is 17.2 Å². The number of aryl methyl sites for hydroxylation is 1. The van der Waals surface area contributed by atoms with Crippen LogP contribution in [0.1, 0.15) is 37.4 Å². The Kier molecular flexibility index (Phi) is 3.37. The average molecular weight is 347 g/mol. The molecule has 0 fully saturated rings. The lowest BCUT2D eigenvalue weighted by atomic mass is 9.80. The molecular weight excluding hydrogens is 334 g/mol. The molecule has 128 valence electrons. The molecule has 0 saturated heterocycles. The smallest absolute Gasteiger partial charge is 0.200 e. The zero-order valence-corrected chi connectivity index (χ0v) is 14.0. The van der Waals surface area contributed by atoms with Crippen molar-refractivity contribution in [3.05, 3.63) is 69.1 Å². The summed E-state index contributed by atoms with van der Waals surface area (Å²) >= 11 is 0. The first-order valence-corrected chi connectivity index (χ1v) is 7.88. The molecule has 0 radical (unpaired) electrons. The van der Waals surface area contributed by atoms with Gasteiger partial charge in [0.05, 0.1) is 18.2 Å². The lowest BCUT2D eigenvalue weighted by Gasteiger charge is -2.22. The molecule has 1 aliphatic rings. The van der Waals surface area contributed by atoms with Crippen LogP contribution in [0.3, 0.4) is 0 Å². The van der Waals surface area contributed by atoms with Crippen LogP contribution in [-0.4, -0.2) is 23.8 Å². The number of nitroso groups, excluding NO2 is 1. The van der Waals surface area contributed by atoms with Gasteiger partial charge in [0.2, 0.25) is 5.78 Å². The minimum Gasteiger partial charge on any atom is -0.507 e. The number of aromatic hydroxyl groups is 1. The molecule has 0 bridgehead atoms. The molecule has 0 saturated carbocycles. The average Bonchev–Trinajstić information content (AvgIpc) is 2.63. The number of hydrogen-bond donors (Lipinski definition) is 1. The highest BCUT2D eigenvalue weighted by atomic mass is 16.5. The number of methoxy groups -OCH3 is 1. The van der Waals surface area contributed by atoms with Gasteiger partial charge in [-0.3, -0.25) is 9.59 Å². The maximum Gasteiger partial charge on any atom is 0.200 e. The first-order valence-electron chi connectivity index (χ1n) is 7.88. The van der Waals surface area contributed by atoms with Gasteiger partial charge in [-0.1, -0.05) is 18.2 Å². The first kappa shape index (κ1) is 16.0. The molecule has 3 aromatic carbocycles. The zero-order valence-electron chi connectivity index (χ0n) is 14.0. The van der Waals surface area contributed by atoms with Gasteiger partial charge in [-0.2, -0.15) is 0 Å². The number of ether oxygens (including phenoxy) is 1. The van der Waals surface area contributed by atoms with Gasteiger partial charge in [0, 0.05) is 16.5 Å². The summed E-state index contributed by atoms with van der Waals surface area (Å²) in [5.74, 6) is -0.857. The van der Waals surface area contributed by atoms with E-state index in [1.54, 1.807) is 25.1 Å². The minimum absolute atomic E-state index is 0.000327. The van der Waals surface area contributed by atoms with Crippen molar-refractivity contribution in [1.82, 2.24) is 0 Å². The number of fused-ring (bicyclic) bond motifs is 4. The van der Waals surface area contributed by atoms with E-state index in [-0.39, 0.29) is 44.8 Å². The second-order valence-corrected chi connectivity index (χ2v) is 6.16. The Morgan fingerprint density at radius 1 is 1.00 bits per heavy atom. The van der Waals surface area contributed by atoms with Crippen molar-refractivity contribution < 1.29 is 19.4 Å². The molecule has 6 nitrogen and oxygen atoms in total. The molecule has 0 atom stereocenters. The number of carbonyl (C=O) groups is 2. The Balaban J connectivity index is 2.20. The lowest BCUT2D eigenvalue weighted by Crippen LogP contribution is -2.22. The number of carbonyl (C=O) groups excluding carboxylic acids is 2. The zero-order chi connectivity index (χ0) is 18.6. The predicted molar refractivity (Wildman–Crippen MR) is 95.7 cm³/mol. The Morgan fingerprint density at radius 2 is 1.77 bits per heavy atom. The van der Waals surface area contributed by atoms with Crippen molar-refractivity contribution in [3.8, 4) is 11.5 Å². The van der Waals surface area contributed by atoms with E-state index in [1.165, 1.54) is 25.3 Å². The van der Waals surface area contributed by atoms with E-state index in [2.05, 4.69) is 5.18 Å². The molecule has 0 unspecified atom stereocenters. The summed E-state index contributed by atoms with van der Waals surface area (Å²) < 4.78 is 5.22. The Bertz CT molecular complexity index is 1150. The fraction of sp³-hybridized carbons (Fsp3) is 0.100. The number of phenolic OH excluding ortho intramolecular Hbond substituents is 1. The molecule has 4 rings (SSSR count). The fourth-order valence-corrected chi connectivity index (χ4v) is 3.57. The summed E-state index contributed by atoms with van der Waals surface area (Å²) in [6.45, 7) is 1.78. The quantitative estimate of drug-likeness (QED) is 0.553. The van der Waals surface area contributed by atoms with Gasteiger partial charge in [-0.15, -0.1) is 4.91 Å². The molecule has 0 amide bonds. The van der Waals surface area contributed by atoms with Crippen molar-refractivity contribution in [2.24, 2.45) is 5.18 Å². The number of ketones is 2. The SMILES string of the molecule is COc1cccc2c1C(=O)c1c(N=O)cc3cc(C)cc(O)c3c1C2=O. The van der Waals surface area contributed by atoms with E-state index in [0.29, 0.717) is 5.39 Å². The van der Waals surface area contributed by atoms with E-state index in [4.69, 9.17) is 4.74 Å². The highest BCUT2D eigenvalue weighted by molar-refractivity contribution is 6.35. The molecule has 0 spiro atoms. The van der Waals surface area contributed by atoms with E-state index in [1.807, 2.05) is 0 Å². The van der Waals surface area contributed by atoms with Crippen molar-refractivity contribution in [2.75, 3.05) is 7.11 Å². The minimum atomic E-state index is -0.525. The molecule has 1 aliphatic carbocycles. The summed E-state index contributed by atoms with van der Waals surface area (Å²) in [6, 6.07) is 9.36. The molecule has 26 heavy (non-hydrogen) atoms. The van der Waals surface area contributed by atoms with Gasteiger partial charge in [-0.05, 0) is 41.2 Å². The van der Waals surface area contributed by atoms with Crippen molar-refractivity contribution in [1.29, 1.82) is 0 Å². The Labute approximate surface area is 148 Å². The fourth-order valence-electron chi connectivity index (χ4n) is 3.57. The topological polar surface area (TPSA) is 93.0 Å². The van der Waals surface area contributed by atoms with Gasteiger partial charge in [0.25, 0.3) is 0 Å². The highest BCUT2D eigenvalue weighted by Crippen LogP contribution is 2.43. The first-order chi connectivity index (χ1) is 12.5. The number of phenols is 1. The second-order valence-electron chi connectivity index (χ2n) is 6.16. The Morgan fingerprint density at radius 3 is 2.46 bits per heavy atom. The number of rotatable bonds is 2. The van der Waals surface area contributed by atoms with Gasteiger partial charge >= 0.3 is 0 Å². The maximum atomic E-state index is 13.2. The monoisotopic (exact) mass is 347 g/mol. The molecule has 0 aromatic heterocycles. The third-order valence-electron chi connectivity index (χ3n) is 4.61. The van der Waals surface area contributed by atoms with Crippen molar-refractivity contribution in [2.45, 2.75) is 6.92 Å². The van der Waals surface area contributed by atoms with E-state index >= 15 is 0 Å². The molecule has 3 aromatic rings. The largest absolute Gasteiger partial charge is 0.507 e. The molecular formula is C20H13NO5. The molecule has 0 aliphatic heterocycles. The van der Waals surface area contributed by atoms with Crippen LogP contribution in [0, 0.1) is 11.8 Å². The third kappa shape index (κ3) is 1.99. The van der Waals surface area contributed by atoms with Crippen molar-refractivity contribution in [3.63, 3.8) is 0 Å². The van der Waals surface area contributed by atoms with E-state index in [0.717, 1.165) is 5.56 Å². The summed E-state index contributed by atoms with van der Waals surface area (Å²) in [4.78, 5) is 37.7. The highest BCUT2D eigenvalue weighted by Gasteiger charge is 2.36. The number of benzene rings is 3. The second kappa shape index (κ2) is 5.49. The van der Waals surface area contributed by atoms with Crippen LogP contribution in [0.15, 0.2) is 41.6 Å². The summed E-state index contributed by atoms with van der Waals surface area (Å²) in [5.41, 5.74) is 0.791.